The van der Waals surface area contributed by atoms with Crippen molar-refractivity contribution in [3.05, 3.63) is 52.4 Å². The summed E-state index contributed by atoms with van der Waals surface area (Å²) in [5.41, 5.74) is -0.994. The highest BCUT2D eigenvalue weighted by Crippen LogP contribution is 2.29. The summed E-state index contributed by atoms with van der Waals surface area (Å²) in [6.07, 6.45) is -1.65. The molecule has 8 heteroatoms. The molecule has 1 aliphatic heterocycles. The van der Waals surface area contributed by atoms with Gasteiger partial charge in [0.1, 0.15) is 11.8 Å². The van der Waals surface area contributed by atoms with Crippen molar-refractivity contribution in [1.82, 2.24) is 9.88 Å². The third-order valence-electron chi connectivity index (χ3n) is 3.39. The van der Waals surface area contributed by atoms with Crippen molar-refractivity contribution in [3.63, 3.8) is 0 Å². The fraction of sp³-hybridized carbons (Fsp3) is 0.250. The highest BCUT2D eigenvalue weighted by molar-refractivity contribution is 7.10. The molecule has 1 saturated heterocycles. The first-order chi connectivity index (χ1) is 11.4. The van der Waals surface area contributed by atoms with E-state index in [4.69, 9.17) is 4.74 Å². The van der Waals surface area contributed by atoms with Gasteiger partial charge in [0.25, 0.3) is 0 Å². The van der Waals surface area contributed by atoms with Crippen LogP contribution in [-0.2, 0) is 11.0 Å². The number of carbonyl (C=O) groups excluding carboxylic acids is 1. The van der Waals surface area contributed by atoms with E-state index < -0.39 is 11.9 Å². The van der Waals surface area contributed by atoms with Gasteiger partial charge in [0.05, 0.1) is 13.1 Å². The van der Waals surface area contributed by atoms with Crippen LogP contribution < -0.4 is 4.74 Å². The number of hydrogen-bond acceptors (Lipinski definition) is 4. The summed E-state index contributed by atoms with van der Waals surface area (Å²) in [4.78, 5) is 17.9. The summed E-state index contributed by atoms with van der Waals surface area (Å²) < 4.78 is 43.2. The number of amides is 1. The van der Waals surface area contributed by atoms with Crippen molar-refractivity contribution in [3.8, 4) is 5.88 Å². The van der Waals surface area contributed by atoms with Gasteiger partial charge in [-0.25, -0.2) is 4.98 Å². The predicted molar refractivity (Wildman–Crippen MR) is 83.6 cm³/mol. The second kappa shape index (κ2) is 6.64. The summed E-state index contributed by atoms with van der Waals surface area (Å²) in [6.45, 7) is 0.650. The van der Waals surface area contributed by atoms with E-state index in [9.17, 15) is 18.0 Å². The quantitative estimate of drug-likeness (QED) is 0.790. The van der Waals surface area contributed by atoms with E-state index in [1.165, 1.54) is 29.5 Å². The van der Waals surface area contributed by atoms with E-state index in [2.05, 4.69) is 4.98 Å². The monoisotopic (exact) mass is 354 g/mol. The Morgan fingerprint density at radius 1 is 1.29 bits per heavy atom. The maximum atomic E-state index is 12.6. The lowest BCUT2D eigenvalue weighted by molar-refractivity contribution is -0.141. The SMILES string of the molecule is O=C(/C=C/c1cccs1)N1CC(Oc2cccc(C(F)(F)F)n2)C1. The van der Waals surface area contributed by atoms with Gasteiger partial charge < -0.3 is 9.64 Å². The Hall–Kier alpha value is -2.35. The molecular weight excluding hydrogens is 341 g/mol. The number of carbonyl (C=O) groups is 1. The van der Waals surface area contributed by atoms with E-state index in [1.807, 2.05) is 17.5 Å². The number of hydrogen-bond donors (Lipinski definition) is 0. The third kappa shape index (κ3) is 3.94. The summed E-state index contributed by atoms with van der Waals surface area (Å²) in [7, 11) is 0. The molecule has 0 unspecified atom stereocenters. The molecule has 1 amide bonds. The first-order valence-electron chi connectivity index (χ1n) is 7.13. The molecular formula is C16H13F3N2O2S. The van der Waals surface area contributed by atoms with E-state index >= 15 is 0 Å². The molecule has 1 fully saturated rings. The van der Waals surface area contributed by atoms with Crippen LogP contribution in [-0.4, -0.2) is 35.0 Å². The number of ether oxygens (including phenoxy) is 1. The van der Waals surface area contributed by atoms with Gasteiger partial charge in [-0.2, -0.15) is 13.2 Å². The lowest BCUT2D eigenvalue weighted by Gasteiger charge is -2.38. The number of nitrogens with zero attached hydrogens (tertiary/aromatic N) is 2. The molecule has 0 aromatic carbocycles. The first-order valence-corrected chi connectivity index (χ1v) is 8.01. The zero-order valence-electron chi connectivity index (χ0n) is 12.4. The molecule has 0 atom stereocenters. The van der Waals surface area contributed by atoms with Crippen molar-refractivity contribution in [2.24, 2.45) is 0 Å². The summed E-state index contributed by atoms with van der Waals surface area (Å²) in [5.74, 6) is -0.240. The average molecular weight is 354 g/mol. The van der Waals surface area contributed by atoms with Gasteiger partial charge in [-0.05, 0) is 23.6 Å². The number of rotatable bonds is 4. The maximum absolute atomic E-state index is 12.6. The standard InChI is InChI=1S/C16H13F3N2O2S/c17-16(18,19)13-4-1-5-14(20-13)23-11-9-21(10-11)15(22)7-6-12-3-2-8-24-12/h1-8,11H,9-10H2/b7-6+. The van der Waals surface area contributed by atoms with Crippen molar-refractivity contribution < 1.29 is 22.7 Å². The fourth-order valence-corrected chi connectivity index (χ4v) is 2.76. The van der Waals surface area contributed by atoms with Gasteiger partial charge in [0, 0.05) is 17.0 Å². The van der Waals surface area contributed by atoms with Crippen LogP contribution in [0.15, 0.2) is 41.8 Å². The van der Waals surface area contributed by atoms with Crippen LogP contribution in [0.3, 0.4) is 0 Å². The van der Waals surface area contributed by atoms with Crippen LogP contribution >= 0.6 is 11.3 Å². The zero-order chi connectivity index (χ0) is 17.2. The van der Waals surface area contributed by atoms with Crippen LogP contribution in [0.4, 0.5) is 13.2 Å². The number of likely N-dealkylation sites (tertiary alicyclic amines) is 1. The molecule has 1 aliphatic rings. The number of halogens is 3. The minimum atomic E-state index is -4.51. The Labute approximate surface area is 140 Å². The van der Waals surface area contributed by atoms with E-state index in [0.717, 1.165) is 10.9 Å². The lowest BCUT2D eigenvalue weighted by atomic mass is 10.1. The first kappa shape index (κ1) is 16.5. The molecule has 24 heavy (non-hydrogen) atoms. The minimum Gasteiger partial charge on any atom is -0.471 e. The van der Waals surface area contributed by atoms with Crippen molar-refractivity contribution in [2.45, 2.75) is 12.3 Å². The number of pyridine rings is 1. The van der Waals surface area contributed by atoms with Crippen LogP contribution in [0.25, 0.3) is 6.08 Å². The second-order valence-electron chi connectivity index (χ2n) is 5.19. The molecule has 3 rings (SSSR count). The lowest BCUT2D eigenvalue weighted by Crippen LogP contribution is -2.55. The van der Waals surface area contributed by atoms with Gasteiger partial charge in [-0.3, -0.25) is 4.79 Å². The van der Waals surface area contributed by atoms with Gasteiger partial charge >= 0.3 is 6.18 Å². The van der Waals surface area contributed by atoms with Crippen LogP contribution in [0.5, 0.6) is 5.88 Å². The van der Waals surface area contributed by atoms with Crippen molar-refractivity contribution in [2.75, 3.05) is 13.1 Å². The molecule has 0 saturated carbocycles. The zero-order valence-corrected chi connectivity index (χ0v) is 13.2. The molecule has 3 heterocycles. The maximum Gasteiger partial charge on any atom is 0.433 e. The minimum absolute atomic E-state index is 0.0870. The summed E-state index contributed by atoms with van der Waals surface area (Å²) in [6, 6.07) is 7.30. The smallest absolute Gasteiger partial charge is 0.433 e. The number of thiophene rings is 1. The molecule has 0 N–H and O–H groups in total. The predicted octanol–water partition coefficient (Wildman–Crippen LogP) is 3.46. The second-order valence-corrected chi connectivity index (χ2v) is 6.17. The Morgan fingerprint density at radius 2 is 2.08 bits per heavy atom. The Balaban J connectivity index is 1.51. The fourth-order valence-electron chi connectivity index (χ4n) is 2.15. The number of alkyl halides is 3. The summed E-state index contributed by atoms with van der Waals surface area (Å²) in [5, 5.41) is 1.92. The van der Waals surface area contributed by atoms with Crippen molar-refractivity contribution in [1.29, 1.82) is 0 Å². The molecule has 4 nitrogen and oxygen atoms in total. The van der Waals surface area contributed by atoms with E-state index in [1.54, 1.807) is 11.0 Å². The van der Waals surface area contributed by atoms with Gasteiger partial charge in [0.15, 0.2) is 0 Å². The number of aromatic nitrogens is 1. The van der Waals surface area contributed by atoms with Crippen molar-refractivity contribution >= 4 is 23.3 Å². The molecule has 0 aliphatic carbocycles. The van der Waals surface area contributed by atoms with E-state index in [-0.39, 0.29) is 17.9 Å². The van der Waals surface area contributed by atoms with Gasteiger partial charge in [-0.15, -0.1) is 11.3 Å². The third-order valence-corrected chi connectivity index (χ3v) is 4.23. The van der Waals surface area contributed by atoms with Crippen LogP contribution in [0.1, 0.15) is 10.6 Å². The molecule has 126 valence electrons. The highest BCUT2D eigenvalue weighted by Gasteiger charge is 2.34. The highest BCUT2D eigenvalue weighted by atomic mass is 32.1. The Kier molecular flexibility index (Phi) is 4.57. The van der Waals surface area contributed by atoms with Gasteiger partial charge in [-0.1, -0.05) is 12.1 Å². The molecule has 0 spiro atoms. The topological polar surface area (TPSA) is 42.4 Å². The summed E-state index contributed by atoms with van der Waals surface area (Å²) >= 11 is 1.53. The Bertz CT molecular complexity index is 738. The van der Waals surface area contributed by atoms with Crippen LogP contribution in [0, 0.1) is 0 Å². The largest absolute Gasteiger partial charge is 0.471 e. The van der Waals surface area contributed by atoms with Gasteiger partial charge in [0.2, 0.25) is 11.8 Å². The molecule has 2 aromatic heterocycles. The molecule has 0 bridgehead atoms. The molecule has 0 radical (unpaired) electrons. The normalized spacial score (nSPS) is 15.5. The van der Waals surface area contributed by atoms with E-state index in [0.29, 0.717) is 13.1 Å². The molecule has 2 aromatic rings. The average Bonchev–Trinajstić information content (AvgIpc) is 3.01. The Morgan fingerprint density at radius 3 is 2.75 bits per heavy atom. The van der Waals surface area contributed by atoms with Crippen LogP contribution in [0.2, 0.25) is 0 Å².